The number of nitrogens with one attached hydrogen (secondary N) is 1. The molecular weight excluding hydrogens is 356 g/mol. The number of benzene rings is 1. The van der Waals surface area contributed by atoms with Crippen LogP contribution in [-0.4, -0.2) is 39.0 Å². The maximum absolute atomic E-state index is 13.0. The minimum atomic E-state index is -4.89. The van der Waals surface area contributed by atoms with Crippen molar-refractivity contribution in [1.82, 2.24) is 5.32 Å². The van der Waals surface area contributed by atoms with Crippen LogP contribution in [0, 0.1) is 11.3 Å². The largest absolute Gasteiger partial charge is 0.453 e. The Morgan fingerprint density at radius 3 is 2.40 bits per heavy atom. The molecule has 0 bridgehead atoms. The van der Waals surface area contributed by atoms with Gasteiger partial charge in [0.1, 0.15) is 6.54 Å². The number of alkyl halides is 6. The molecule has 0 aliphatic rings. The van der Waals surface area contributed by atoms with E-state index in [2.05, 4.69) is 10.1 Å². The van der Waals surface area contributed by atoms with Crippen LogP contribution in [0.2, 0.25) is 0 Å². The maximum atomic E-state index is 13.0. The summed E-state index contributed by atoms with van der Waals surface area (Å²) in [6.07, 6.45) is -10.5. The van der Waals surface area contributed by atoms with Gasteiger partial charge in [-0.25, -0.2) is 4.79 Å². The van der Waals surface area contributed by atoms with E-state index in [1.807, 2.05) is 0 Å². The fourth-order valence-electron chi connectivity index (χ4n) is 1.94. The van der Waals surface area contributed by atoms with Crippen molar-refractivity contribution in [3.8, 4) is 6.07 Å². The van der Waals surface area contributed by atoms with Crippen LogP contribution in [0.1, 0.15) is 11.1 Å². The highest BCUT2D eigenvalue weighted by molar-refractivity contribution is 5.67. The zero-order valence-corrected chi connectivity index (χ0v) is 12.8. The molecular formula is C14H13F6N3O2. The molecule has 11 heteroatoms. The molecule has 1 N–H and O–H groups in total. The second-order valence-electron chi connectivity index (χ2n) is 4.79. The molecule has 0 unspecified atom stereocenters. The Kier molecular flexibility index (Phi) is 6.49. The number of methoxy groups -OCH3 is 1. The van der Waals surface area contributed by atoms with Gasteiger partial charge < -0.3 is 15.0 Å². The van der Waals surface area contributed by atoms with E-state index in [1.54, 1.807) is 0 Å². The molecule has 0 atom stereocenters. The van der Waals surface area contributed by atoms with E-state index in [4.69, 9.17) is 5.26 Å². The fraction of sp³-hybridized carbons (Fsp3) is 0.429. The molecule has 1 amide bonds. The molecule has 0 aliphatic carbocycles. The van der Waals surface area contributed by atoms with Gasteiger partial charge in [0.15, 0.2) is 0 Å². The van der Waals surface area contributed by atoms with Crippen molar-refractivity contribution in [2.45, 2.75) is 12.4 Å². The van der Waals surface area contributed by atoms with Gasteiger partial charge in [0.05, 0.1) is 24.3 Å². The zero-order chi connectivity index (χ0) is 19.3. The molecule has 0 saturated heterocycles. The Hall–Kier alpha value is -2.64. The van der Waals surface area contributed by atoms with Crippen molar-refractivity contribution in [1.29, 1.82) is 5.26 Å². The van der Waals surface area contributed by atoms with E-state index < -0.39 is 42.7 Å². The number of alkyl carbamates (subject to hydrolysis) is 1. The van der Waals surface area contributed by atoms with Crippen molar-refractivity contribution in [2.24, 2.45) is 0 Å². The molecule has 0 aromatic heterocycles. The molecule has 1 aromatic rings. The highest BCUT2D eigenvalue weighted by atomic mass is 19.4. The molecule has 0 saturated carbocycles. The van der Waals surface area contributed by atoms with Crippen molar-refractivity contribution in [2.75, 3.05) is 31.6 Å². The number of nitrogens with zero attached hydrogens (tertiary/aromatic N) is 2. The first kappa shape index (κ1) is 20.4. The van der Waals surface area contributed by atoms with Crippen LogP contribution in [-0.2, 0) is 10.9 Å². The van der Waals surface area contributed by atoms with E-state index in [-0.39, 0.29) is 12.2 Å². The lowest BCUT2D eigenvalue weighted by Gasteiger charge is -2.27. The summed E-state index contributed by atoms with van der Waals surface area (Å²) >= 11 is 0. The highest BCUT2D eigenvalue weighted by Crippen LogP contribution is 2.35. The van der Waals surface area contributed by atoms with Gasteiger partial charge in [-0.3, -0.25) is 0 Å². The third-order valence-corrected chi connectivity index (χ3v) is 3.00. The summed E-state index contributed by atoms with van der Waals surface area (Å²) in [5.41, 5.74) is -2.41. The fourth-order valence-corrected chi connectivity index (χ4v) is 1.94. The summed E-state index contributed by atoms with van der Waals surface area (Å²) in [7, 11) is 1.05. The van der Waals surface area contributed by atoms with Gasteiger partial charge in [-0.2, -0.15) is 31.6 Å². The normalized spacial score (nSPS) is 11.6. The summed E-state index contributed by atoms with van der Waals surface area (Å²) in [5.74, 6) is 0. The number of hydrogen-bond donors (Lipinski definition) is 1. The Labute approximate surface area is 138 Å². The van der Waals surface area contributed by atoms with E-state index in [9.17, 15) is 31.1 Å². The lowest BCUT2D eigenvalue weighted by atomic mass is 10.1. The Balaban J connectivity index is 3.12. The number of ether oxygens (including phenoxy) is 1. The van der Waals surface area contributed by atoms with Crippen molar-refractivity contribution in [3.63, 3.8) is 0 Å². The lowest BCUT2D eigenvalue weighted by molar-refractivity contribution is -0.137. The first-order valence-corrected chi connectivity index (χ1v) is 6.73. The number of halogens is 6. The third kappa shape index (κ3) is 6.40. The number of hydrogen-bond acceptors (Lipinski definition) is 4. The zero-order valence-electron chi connectivity index (χ0n) is 12.8. The number of carbonyl (C=O) groups excluding carboxylic acids is 1. The Morgan fingerprint density at radius 1 is 1.28 bits per heavy atom. The first-order chi connectivity index (χ1) is 11.5. The second-order valence-corrected chi connectivity index (χ2v) is 4.79. The molecule has 0 radical (unpaired) electrons. The monoisotopic (exact) mass is 369 g/mol. The molecule has 25 heavy (non-hydrogen) atoms. The average Bonchev–Trinajstić information content (AvgIpc) is 2.51. The molecule has 0 heterocycles. The molecule has 1 rings (SSSR count). The lowest BCUT2D eigenvalue weighted by Crippen LogP contribution is -2.40. The van der Waals surface area contributed by atoms with Crippen molar-refractivity contribution < 1.29 is 35.9 Å². The SMILES string of the molecule is COC(=O)NCCN(CC(F)(F)F)c1ccc(C#N)c(C(F)(F)F)c1. The Bertz CT molecular complexity index is 651. The van der Waals surface area contributed by atoms with Crippen LogP contribution in [0.4, 0.5) is 36.8 Å². The van der Waals surface area contributed by atoms with E-state index >= 15 is 0 Å². The topological polar surface area (TPSA) is 65.4 Å². The number of rotatable bonds is 5. The molecule has 5 nitrogen and oxygen atoms in total. The van der Waals surface area contributed by atoms with E-state index in [0.717, 1.165) is 19.2 Å². The summed E-state index contributed by atoms with van der Waals surface area (Å²) < 4.78 is 81.2. The van der Waals surface area contributed by atoms with E-state index in [1.165, 1.54) is 6.07 Å². The van der Waals surface area contributed by atoms with Crippen LogP contribution in [0.5, 0.6) is 0 Å². The van der Waals surface area contributed by atoms with Crippen molar-refractivity contribution in [3.05, 3.63) is 29.3 Å². The maximum Gasteiger partial charge on any atom is 0.417 e. The standard InChI is InChI=1S/C14H13F6N3O2/c1-25-12(24)22-4-5-23(8-13(15,16)17)10-3-2-9(7-21)11(6-10)14(18,19)20/h2-3,6H,4-5,8H2,1H3,(H,22,24). The molecule has 138 valence electrons. The van der Waals surface area contributed by atoms with Gasteiger partial charge in [-0.1, -0.05) is 0 Å². The van der Waals surface area contributed by atoms with Gasteiger partial charge in [0, 0.05) is 18.8 Å². The number of amides is 1. The second kappa shape index (κ2) is 7.96. The third-order valence-electron chi connectivity index (χ3n) is 3.00. The number of carbonyl (C=O) groups is 1. The molecule has 1 aromatic carbocycles. The Morgan fingerprint density at radius 2 is 1.92 bits per heavy atom. The minimum absolute atomic E-state index is 0.288. The van der Waals surface area contributed by atoms with Gasteiger partial charge in [-0.15, -0.1) is 0 Å². The van der Waals surface area contributed by atoms with Crippen LogP contribution in [0.15, 0.2) is 18.2 Å². The van der Waals surface area contributed by atoms with Gasteiger partial charge >= 0.3 is 18.4 Å². The quantitative estimate of drug-likeness (QED) is 0.809. The van der Waals surface area contributed by atoms with Crippen molar-refractivity contribution >= 4 is 11.8 Å². The predicted octanol–water partition coefficient (Wildman–Crippen LogP) is 3.30. The van der Waals surface area contributed by atoms with Crippen LogP contribution in [0.3, 0.4) is 0 Å². The molecule has 0 spiro atoms. The van der Waals surface area contributed by atoms with Crippen LogP contribution in [0.25, 0.3) is 0 Å². The summed E-state index contributed by atoms with van der Waals surface area (Å²) in [4.78, 5) is 11.5. The number of nitriles is 1. The summed E-state index contributed by atoms with van der Waals surface area (Å²) in [5, 5.41) is 10.9. The average molecular weight is 369 g/mol. The highest BCUT2D eigenvalue weighted by Gasteiger charge is 2.36. The summed E-state index contributed by atoms with van der Waals surface area (Å²) in [6, 6.07) is 3.61. The molecule has 0 aliphatic heterocycles. The summed E-state index contributed by atoms with van der Waals surface area (Å²) in [6.45, 7) is -2.24. The smallest absolute Gasteiger partial charge is 0.417 e. The van der Waals surface area contributed by atoms with Gasteiger partial charge in [0.25, 0.3) is 0 Å². The first-order valence-electron chi connectivity index (χ1n) is 6.73. The van der Waals surface area contributed by atoms with Crippen LogP contribution < -0.4 is 10.2 Å². The molecule has 0 fully saturated rings. The van der Waals surface area contributed by atoms with Gasteiger partial charge in [0.2, 0.25) is 0 Å². The van der Waals surface area contributed by atoms with Crippen LogP contribution >= 0.6 is 0 Å². The van der Waals surface area contributed by atoms with Gasteiger partial charge in [-0.05, 0) is 18.2 Å². The number of anilines is 1. The minimum Gasteiger partial charge on any atom is -0.453 e. The predicted molar refractivity (Wildman–Crippen MR) is 74.8 cm³/mol. The van der Waals surface area contributed by atoms with E-state index in [0.29, 0.717) is 11.0 Å².